The summed E-state index contributed by atoms with van der Waals surface area (Å²) in [5.41, 5.74) is 2.70. The van der Waals surface area contributed by atoms with Crippen LogP contribution in [0.3, 0.4) is 0 Å². The number of aromatic nitrogens is 1. The van der Waals surface area contributed by atoms with Crippen LogP contribution in [0.5, 0.6) is 0 Å². The number of carbonyl (C=O) groups is 1. The smallest absolute Gasteiger partial charge is 0.319 e. The zero-order chi connectivity index (χ0) is 13.0. The van der Waals surface area contributed by atoms with Crippen molar-refractivity contribution in [3.05, 3.63) is 47.3 Å². The lowest BCUT2D eigenvalue weighted by atomic mass is 10.2. The van der Waals surface area contributed by atoms with Crippen LogP contribution in [0, 0.1) is 13.8 Å². The Hall–Kier alpha value is -2.30. The molecule has 0 saturated heterocycles. The third-order valence-electron chi connectivity index (χ3n) is 2.41. The van der Waals surface area contributed by atoms with Crippen molar-refractivity contribution in [2.24, 2.45) is 0 Å². The molecule has 0 aliphatic carbocycles. The normalized spacial score (nSPS) is 10.1. The topological polar surface area (TPSA) is 67.2 Å². The van der Waals surface area contributed by atoms with Crippen LogP contribution in [-0.4, -0.2) is 11.2 Å². The van der Waals surface area contributed by atoms with Crippen LogP contribution in [-0.2, 0) is 6.54 Å². The SMILES string of the molecule is Cc1ccc(NC(=O)NCc2cc(C)no2)cc1. The van der Waals surface area contributed by atoms with E-state index < -0.39 is 0 Å². The number of hydrogen-bond acceptors (Lipinski definition) is 3. The highest BCUT2D eigenvalue weighted by Crippen LogP contribution is 2.08. The third kappa shape index (κ3) is 3.35. The van der Waals surface area contributed by atoms with Gasteiger partial charge < -0.3 is 15.2 Å². The first kappa shape index (κ1) is 12.2. The largest absolute Gasteiger partial charge is 0.359 e. The second-order valence-corrected chi connectivity index (χ2v) is 4.11. The van der Waals surface area contributed by atoms with Crippen molar-refractivity contribution in [3.8, 4) is 0 Å². The Kier molecular flexibility index (Phi) is 3.62. The number of nitrogens with zero attached hydrogens (tertiary/aromatic N) is 1. The fourth-order valence-corrected chi connectivity index (χ4v) is 1.48. The lowest BCUT2D eigenvalue weighted by Crippen LogP contribution is -2.27. The Morgan fingerprint density at radius 1 is 1.28 bits per heavy atom. The van der Waals surface area contributed by atoms with E-state index in [1.165, 1.54) is 0 Å². The van der Waals surface area contributed by atoms with Crippen molar-refractivity contribution in [1.29, 1.82) is 0 Å². The molecule has 5 heteroatoms. The number of anilines is 1. The first-order valence-corrected chi connectivity index (χ1v) is 5.67. The van der Waals surface area contributed by atoms with Crippen molar-refractivity contribution in [1.82, 2.24) is 10.5 Å². The number of aryl methyl sites for hydroxylation is 2. The summed E-state index contributed by atoms with van der Waals surface area (Å²) in [5.74, 6) is 0.631. The molecule has 0 radical (unpaired) electrons. The van der Waals surface area contributed by atoms with Crippen LogP contribution in [0.2, 0.25) is 0 Å². The van der Waals surface area contributed by atoms with E-state index >= 15 is 0 Å². The highest BCUT2D eigenvalue weighted by atomic mass is 16.5. The predicted molar refractivity (Wildman–Crippen MR) is 68.3 cm³/mol. The maximum Gasteiger partial charge on any atom is 0.319 e. The van der Waals surface area contributed by atoms with Gasteiger partial charge >= 0.3 is 6.03 Å². The predicted octanol–water partition coefficient (Wildman–Crippen LogP) is 2.61. The van der Waals surface area contributed by atoms with E-state index in [9.17, 15) is 4.79 Å². The van der Waals surface area contributed by atoms with Crippen LogP contribution in [0.4, 0.5) is 10.5 Å². The Morgan fingerprint density at radius 2 is 2.00 bits per heavy atom. The number of urea groups is 1. The summed E-state index contributed by atoms with van der Waals surface area (Å²) < 4.78 is 4.99. The van der Waals surface area contributed by atoms with Crippen LogP contribution in [0.15, 0.2) is 34.9 Å². The van der Waals surface area contributed by atoms with E-state index in [0.29, 0.717) is 12.3 Å². The van der Waals surface area contributed by atoms with E-state index in [-0.39, 0.29) is 6.03 Å². The Balaban J connectivity index is 1.83. The molecule has 0 atom stereocenters. The van der Waals surface area contributed by atoms with Crippen LogP contribution in [0.1, 0.15) is 17.0 Å². The molecule has 0 bridgehead atoms. The maximum absolute atomic E-state index is 11.6. The Bertz CT molecular complexity index is 531. The van der Waals surface area contributed by atoms with Gasteiger partial charge in [0.2, 0.25) is 0 Å². The second-order valence-electron chi connectivity index (χ2n) is 4.11. The van der Waals surface area contributed by atoms with Gasteiger partial charge in [-0.25, -0.2) is 4.79 Å². The molecular formula is C13H15N3O2. The standard InChI is InChI=1S/C13H15N3O2/c1-9-3-5-11(6-4-9)15-13(17)14-8-12-7-10(2)16-18-12/h3-7H,8H2,1-2H3,(H2,14,15,17). The van der Waals surface area contributed by atoms with Crippen LogP contribution < -0.4 is 10.6 Å². The lowest BCUT2D eigenvalue weighted by Gasteiger charge is -2.06. The summed E-state index contributed by atoms with van der Waals surface area (Å²) in [4.78, 5) is 11.6. The molecule has 5 nitrogen and oxygen atoms in total. The number of rotatable bonds is 3. The molecule has 1 aromatic heterocycles. The molecule has 1 heterocycles. The van der Waals surface area contributed by atoms with Crippen molar-refractivity contribution in [2.75, 3.05) is 5.32 Å². The molecule has 2 amide bonds. The van der Waals surface area contributed by atoms with Gasteiger partial charge in [0.05, 0.1) is 12.2 Å². The molecule has 2 rings (SSSR count). The fourth-order valence-electron chi connectivity index (χ4n) is 1.48. The summed E-state index contributed by atoms with van der Waals surface area (Å²) in [5, 5.41) is 9.17. The zero-order valence-electron chi connectivity index (χ0n) is 10.4. The number of hydrogen-bond donors (Lipinski definition) is 2. The van der Waals surface area contributed by atoms with E-state index in [2.05, 4.69) is 15.8 Å². The number of benzene rings is 1. The molecule has 0 aliphatic heterocycles. The van der Waals surface area contributed by atoms with Gasteiger partial charge in [0.15, 0.2) is 5.76 Å². The molecule has 94 valence electrons. The minimum absolute atomic E-state index is 0.270. The zero-order valence-corrected chi connectivity index (χ0v) is 10.4. The fraction of sp³-hybridized carbons (Fsp3) is 0.231. The molecule has 0 saturated carbocycles. The lowest BCUT2D eigenvalue weighted by molar-refractivity contribution is 0.250. The minimum atomic E-state index is -0.270. The highest BCUT2D eigenvalue weighted by Gasteiger charge is 2.04. The Morgan fingerprint density at radius 3 is 2.61 bits per heavy atom. The van der Waals surface area contributed by atoms with Crippen molar-refractivity contribution in [2.45, 2.75) is 20.4 Å². The van der Waals surface area contributed by atoms with E-state index in [1.54, 1.807) is 6.07 Å². The summed E-state index contributed by atoms with van der Waals surface area (Å²) in [6, 6.07) is 9.10. The molecule has 2 N–H and O–H groups in total. The highest BCUT2D eigenvalue weighted by molar-refractivity contribution is 5.89. The molecule has 2 aromatic rings. The number of nitrogens with one attached hydrogen (secondary N) is 2. The molecule has 0 fully saturated rings. The maximum atomic E-state index is 11.6. The molecule has 0 aliphatic rings. The van der Waals surface area contributed by atoms with Crippen molar-refractivity contribution in [3.63, 3.8) is 0 Å². The molecular weight excluding hydrogens is 230 g/mol. The van der Waals surface area contributed by atoms with Gasteiger partial charge in [-0.3, -0.25) is 0 Å². The quantitative estimate of drug-likeness (QED) is 0.873. The van der Waals surface area contributed by atoms with E-state index in [0.717, 1.165) is 16.9 Å². The molecule has 0 spiro atoms. The van der Waals surface area contributed by atoms with Gasteiger partial charge in [0.1, 0.15) is 0 Å². The van der Waals surface area contributed by atoms with E-state index in [4.69, 9.17) is 4.52 Å². The summed E-state index contributed by atoms with van der Waals surface area (Å²) in [6.07, 6.45) is 0. The van der Waals surface area contributed by atoms with Gasteiger partial charge in [-0.1, -0.05) is 22.9 Å². The first-order chi connectivity index (χ1) is 8.63. The average Bonchev–Trinajstić information content (AvgIpc) is 2.76. The van der Waals surface area contributed by atoms with E-state index in [1.807, 2.05) is 38.1 Å². The molecule has 18 heavy (non-hydrogen) atoms. The molecule has 1 aromatic carbocycles. The number of carbonyl (C=O) groups excluding carboxylic acids is 1. The van der Waals surface area contributed by atoms with Crippen molar-refractivity contribution < 1.29 is 9.32 Å². The van der Waals surface area contributed by atoms with Crippen molar-refractivity contribution >= 4 is 11.7 Å². The first-order valence-electron chi connectivity index (χ1n) is 5.67. The third-order valence-corrected chi connectivity index (χ3v) is 2.41. The number of amides is 2. The second kappa shape index (κ2) is 5.35. The van der Waals surface area contributed by atoms with Gasteiger partial charge in [-0.2, -0.15) is 0 Å². The summed E-state index contributed by atoms with van der Waals surface area (Å²) in [7, 11) is 0. The van der Waals surface area contributed by atoms with Crippen LogP contribution in [0.25, 0.3) is 0 Å². The Labute approximate surface area is 105 Å². The van der Waals surface area contributed by atoms with Gasteiger partial charge in [0, 0.05) is 11.8 Å². The minimum Gasteiger partial charge on any atom is -0.359 e. The van der Waals surface area contributed by atoms with Gasteiger partial charge in [0.25, 0.3) is 0 Å². The van der Waals surface area contributed by atoms with Crippen LogP contribution >= 0.6 is 0 Å². The van der Waals surface area contributed by atoms with Gasteiger partial charge in [-0.15, -0.1) is 0 Å². The molecule has 0 unspecified atom stereocenters. The summed E-state index contributed by atoms with van der Waals surface area (Å²) >= 11 is 0. The monoisotopic (exact) mass is 245 g/mol. The average molecular weight is 245 g/mol. The van der Waals surface area contributed by atoms with Gasteiger partial charge in [-0.05, 0) is 26.0 Å². The summed E-state index contributed by atoms with van der Waals surface area (Å²) in [6.45, 7) is 4.15.